The summed E-state index contributed by atoms with van der Waals surface area (Å²) >= 11 is 0. The summed E-state index contributed by atoms with van der Waals surface area (Å²) in [5.41, 5.74) is 0. The standard InChI is InChI=1S/C4H9.C3H7.Zn/c1-3-4-2;1-3-2;/h1,3-4H2,2H3;3H,1-2H3;/q2*-1;+2. The number of hydrogen-bond donors (Lipinski definition) is 0. The summed E-state index contributed by atoms with van der Waals surface area (Å²) in [4.78, 5) is 0. The molecule has 0 aliphatic carbocycles. The molecule has 0 aliphatic heterocycles. The molecule has 0 N–H and O–H groups in total. The Morgan fingerprint density at radius 1 is 1.38 bits per heavy atom. The van der Waals surface area contributed by atoms with E-state index in [1.807, 2.05) is 20.3 Å². The molecule has 1 heteroatoms. The molecule has 0 aromatic heterocycles. The van der Waals surface area contributed by atoms with Crippen LogP contribution in [0.4, 0.5) is 0 Å². The normalized spacial score (nSPS) is 6.00. The third-order valence-corrected chi connectivity index (χ3v) is 0.354. The van der Waals surface area contributed by atoms with E-state index in [0.717, 1.165) is 6.42 Å². The van der Waals surface area contributed by atoms with Gasteiger partial charge in [0.2, 0.25) is 0 Å². The van der Waals surface area contributed by atoms with Crippen molar-refractivity contribution in [1.82, 2.24) is 0 Å². The van der Waals surface area contributed by atoms with Crippen LogP contribution in [0.2, 0.25) is 0 Å². The van der Waals surface area contributed by atoms with Gasteiger partial charge in [0.25, 0.3) is 0 Å². The monoisotopic (exact) mass is 164 g/mol. The molecule has 8 heavy (non-hydrogen) atoms. The molecule has 0 heterocycles. The summed E-state index contributed by atoms with van der Waals surface area (Å²) in [6.07, 6.45) is 4.28. The first-order valence-corrected chi connectivity index (χ1v) is 2.86. The molecule has 0 spiro atoms. The molecule has 46 valence electrons. The van der Waals surface area contributed by atoms with Gasteiger partial charge in [0.1, 0.15) is 0 Å². The van der Waals surface area contributed by atoms with Gasteiger partial charge in [-0.2, -0.15) is 20.3 Å². The number of hydrogen-bond acceptors (Lipinski definition) is 0. The average Bonchev–Trinajstić information content (AvgIpc) is 1.69. The Kier molecular flexibility index (Phi) is 50.5. The van der Waals surface area contributed by atoms with E-state index in [1.165, 1.54) is 6.42 Å². The van der Waals surface area contributed by atoms with Crippen molar-refractivity contribution in [2.24, 2.45) is 0 Å². The SMILES string of the molecule is C[CH-]C.[CH2-]CCC.[Zn+2]. The van der Waals surface area contributed by atoms with E-state index >= 15 is 0 Å². The van der Waals surface area contributed by atoms with Crippen LogP contribution >= 0.6 is 0 Å². The molecule has 0 fully saturated rings. The van der Waals surface area contributed by atoms with Crippen LogP contribution in [0.1, 0.15) is 33.6 Å². The summed E-state index contributed by atoms with van der Waals surface area (Å²) in [7, 11) is 0. The molecule has 0 saturated heterocycles. The maximum atomic E-state index is 3.60. The van der Waals surface area contributed by atoms with E-state index in [-0.39, 0.29) is 19.5 Å². The van der Waals surface area contributed by atoms with E-state index < -0.39 is 0 Å². The van der Waals surface area contributed by atoms with Crippen LogP contribution in [0, 0.1) is 13.3 Å². The first-order chi connectivity index (χ1) is 3.33. The zero-order valence-electron chi connectivity index (χ0n) is 6.41. The van der Waals surface area contributed by atoms with Crippen LogP contribution in [0.15, 0.2) is 0 Å². The molecule has 0 aliphatic rings. The third-order valence-electron chi connectivity index (χ3n) is 0.354. The van der Waals surface area contributed by atoms with Crippen LogP contribution in [0.25, 0.3) is 0 Å². The molecule has 0 bridgehead atoms. The molecule has 0 atom stereocenters. The molecule has 0 saturated carbocycles. The minimum absolute atomic E-state index is 0. The Morgan fingerprint density at radius 2 is 1.50 bits per heavy atom. The minimum atomic E-state index is 0. The van der Waals surface area contributed by atoms with Crippen molar-refractivity contribution >= 4 is 0 Å². The number of rotatable bonds is 1. The second-order valence-electron chi connectivity index (χ2n) is 1.43. The Morgan fingerprint density at radius 3 is 1.50 bits per heavy atom. The van der Waals surface area contributed by atoms with Gasteiger partial charge in [-0.1, -0.05) is 13.3 Å². The first-order valence-electron chi connectivity index (χ1n) is 2.86. The van der Waals surface area contributed by atoms with Gasteiger partial charge in [-0.15, -0.1) is 0 Å². The Labute approximate surface area is 66.8 Å². The maximum Gasteiger partial charge on any atom is 2.00 e. The zero-order chi connectivity index (χ0) is 6.12. The van der Waals surface area contributed by atoms with Gasteiger partial charge in [0.05, 0.1) is 0 Å². The van der Waals surface area contributed by atoms with E-state index in [0.29, 0.717) is 0 Å². The van der Waals surface area contributed by atoms with Gasteiger partial charge in [-0.3, -0.25) is 0 Å². The fourth-order valence-electron chi connectivity index (χ4n) is 0. The van der Waals surface area contributed by atoms with Crippen molar-refractivity contribution in [2.75, 3.05) is 0 Å². The molecule has 0 aromatic rings. The summed E-state index contributed by atoms with van der Waals surface area (Å²) in [6, 6.07) is 0. The van der Waals surface area contributed by atoms with Crippen molar-refractivity contribution < 1.29 is 19.5 Å². The second kappa shape index (κ2) is 25.5. The fraction of sp³-hybridized carbons (Fsp3) is 0.714. The van der Waals surface area contributed by atoms with Crippen LogP contribution in [-0.4, -0.2) is 0 Å². The third kappa shape index (κ3) is 79.5. The molecule has 0 nitrogen and oxygen atoms in total. The molecular weight excluding hydrogens is 149 g/mol. The van der Waals surface area contributed by atoms with Gasteiger partial charge in [-0.05, 0) is 0 Å². The zero-order valence-corrected chi connectivity index (χ0v) is 9.37. The van der Waals surface area contributed by atoms with Crippen molar-refractivity contribution in [3.05, 3.63) is 13.3 Å². The number of unbranched alkanes of at least 4 members (excludes halogenated alkanes) is 1. The molecule has 0 radical (unpaired) electrons. The fourth-order valence-corrected chi connectivity index (χ4v) is 0. The van der Waals surface area contributed by atoms with Gasteiger partial charge in [-0.25, -0.2) is 0 Å². The van der Waals surface area contributed by atoms with E-state index in [2.05, 4.69) is 13.8 Å². The largest absolute Gasteiger partial charge is 2.00 e. The average molecular weight is 166 g/mol. The van der Waals surface area contributed by atoms with Gasteiger partial charge < -0.3 is 13.3 Å². The quantitative estimate of drug-likeness (QED) is 0.414. The Hall–Kier alpha value is 0.623. The molecule has 0 rings (SSSR count). The van der Waals surface area contributed by atoms with Gasteiger partial charge in [0.15, 0.2) is 0 Å². The van der Waals surface area contributed by atoms with Crippen molar-refractivity contribution in [3.8, 4) is 0 Å². The smallest absolute Gasteiger partial charge is 0.343 e. The van der Waals surface area contributed by atoms with Crippen LogP contribution in [-0.2, 0) is 19.5 Å². The maximum absolute atomic E-state index is 3.60. The molecule has 0 amide bonds. The first kappa shape index (κ1) is 15.8. The van der Waals surface area contributed by atoms with Crippen molar-refractivity contribution in [2.45, 2.75) is 33.6 Å². The topological polar surface area (TPSA) is 0 Å². The van der Waals surface area contributed by atoms with Crippen molar-refractivity contribution in [1.29, 1.82) is 0 Å². The van der Waals surface area contributed by atoms with Crippen LogP contribution in [0.3, 0.4) is 0 Å². The molecule has 0 aromatic carbocycles. The predicted molar refractivity (Wildman–Crippen MR) is 35.9 cm³/mol. The van der Waals surface area contributed by atoms with E-state index in [1.54, 1.807) is 0 Å². The summed E-state index contributed by atoms with van der Waals surface area (Å²) in [6.45, 7) is 9.72. The predicted octanol–water partition coefficient (Wildman–Crippen LogP) is 2.85. The summed E-state index contributed by atoms with van der Waals surface area (Å²) < 4.78 is 0. The Bertz CT molecular complexity index is 11.9. The summed E-state index contributed by atoms with van der Waals surface area (Å²) in [5, 5.41) is 0. The second-order valence-corrected chi connectivity index (χ2v) is 1.43. The van der Waals surface area contributed by atoms with Gasteiger partial charge >= 0.3 is 19.5 Å². The molecule has 0 unspecified atom stereocenters. The van der Waals surface area contributed by atoms with E-state index in [4.69, 9.17) is 0 Å². The van der Waals surface area contributed by atoms with Crippen LogP contribution < -0.4 is 0 Å². The van der Waals surface area contributed by atoms with Gasteiger partial charge in [0, 0.05) is 0 Å². The van der Waals surface area contributed by atoms with Crippen LogP contribution in [0.5, 0.6) is 0 Å². The summed E-state index contributed by atoms with van der Waals surface area (Å²) in [5.74, 6) is 0. The molecular formula is C7H16Zn. The Balaban J connectivity index is -0.0000000575. The van der Waals surface area contributed by atoms with E-state index in [9.17, 15) is 0 Å². The van der Waals surface area contributed by atoms with Crippen molar-refractivity contribution in [3.63, 3.8) is 0 Å². The minimum Gasteiger partial charge on any atom is -0.343 e.